The highest BCUT2D eigenvalue weighted by Gasteiger charge is 2.25. The summed E-state index contributed by atoms with van der Waals surface area (Å²) < 4.78 is 0. The number of para-hydroxylation sites is 1. The van der Waals surface area contributed by atoms with E-state index in [-0.39, 0.29) is 6.04 Å². The van der Waals surface area contributed by atoms with Gasteiger partial charge in [-0.3, -0.25) is 0 Å². The second kappa shape index (κ2) is 5.17. The lowest BCUT2D eigenvalue weighted by molar-refractivity contribution is 0.320. The van der Waals surface area contributed by atoms with Gasteiger partial charge >= 0.3 is 0 Å². The molecule has 3 rings (SSSR count). The fraction of sp³-hybridized carbons (Fsp3) is 0.188. The highest BCUT2D eigenvalue weighted by Crippen LogP contribution is 2.34. The van der Waals surface area contributed by atoms with Crippen LogP contribution in [0.1, 0.15) is 24.1 Å². The zero-order chi connectivity index (χ0) is 14.1. The highest BCUT2D eigenvalue weighted by atomic mass is 35.5. The van der Waals surface area contributed by atoms with Gasteiger partial charge in [-0.1, -0.05) is 48.0 Å². The van der Waals surface area contributed by atoms with Crippen molar-refractivity contribution < 1.29 is 0 Å². The molecule has 1 atom stereocenters. The molecule has 0 saturated carbocycles. The van der Waals surface area contributed by atoms with E-state index in [1.165, 1.54) is 5.56 Å². The second-order valence-electron chi connectivity index (χ2n) is 4.92. The molecule has 0 unspecified atom stereocenters. The predicted octanol–water partition coefficient (Wildman–Crippen LogP) is 3.86. The van der Waals surface area contributed by atoms with Gasteiger partial charge in [-0.15, -0.1) is 0 Å². The Morgan fingerprint density at radius 3 is 2.65 bits per heavy atom. The van der Waals surface area contributed by atoms with Gasteiger partial charge in [0.15, 0.2) is 5.96 Å². The third kappa shape index (κ3) is 2.25. The summed E-state index contributed by atoms with van der Waals surface area (Å²) in [6.07, 6.45) is 0. The molecule has 2 aromatic carbocycles. The van der Waals surface area contributed by atoms with Gasteiger partial charge in [0.1, 0.15) is 0 Å². The Morgan fingerprint density at radius 1 is 1.15 bits per heavy atom. The van der Waals surface area contributed by atoms with Crippen LogP contribution in [0, 0.1) is 0 Å². The van der Waals surface area contributed by atoms with Gasteiger partial charge in [0.05, 0.1) is 11.7 Å². The van der Waals surface area contributed by atoms with Crippen molar-refractivity contribution in [1.82, 2.24) is 4.90 Å². The summed E-state index contributed by atoms with van der Waals surface area (Å²) in [6, 6.07) is 16.1. The minimum atomic E-state index is 0.181. The van der Waals surface area contributed by atoms with Crippen LogP contribution in [0.3, 0.4) is 0 Å². The van der Waals surface area contributed by atoms with Crippen molar-refractivity contribution in [1.29, 1.82) is 0 Å². The smallest absolute Gasteiger partial charge is 0.197 e. The Kier molecular flexibility index (Phi) is 3.36. The van der Waals surface area contributed by atoms with Crippen LogP contribution in [0.5, 0.6) is 0 Å². The first-order valence-electron chi connectivity index (χ1n) is 6.60. The van der Waals surface area contributed by atoms with Crippen LogP contribution in [0.2, 0.25) is 5.02 Å². The Bertz CT molecular complexity index is 666. The molecule has 2 aromatic rings. The minimum Gasteiger partial charge on any atom is -0.369 e. The molecular formula is C16H16ClN3. The van der Waals surface area contributed by atoms with E-state index in [1.54, 1.807) is 0 Å². The lowest BCUT2D eigenvalue weighted by atomic mass is 10.0. The highest BCUT2D eigenvalue weighted by molar-refractivity contribution is 6.31. The van der Waals surface area contributed by atoms with Gasteiger partial charge in [-0.25, -0.2) is 4.99 Å². The summed E-state index contributed by atoms with van der Waals surface area (Å²) in [5.74, 6) is 0.538. The summed E-state index contributed by atoms with van der Waals surface area (Å²) in [5, 5.41) is 0.756. The SMILES string of the molecule is C[C@@H]1c2ccccc2N=C(N)N1Cc1ccccc1Cl. The van der Waals surface area contributed by atoms with Crippen LogP contribution in [0.25, 0.3) is 0 Å². The van der Waals surface area contributed by atoms with Crippen LogP contribution in [-0.4, -0.2) is 10.9 Å². The zero-order valence-corrected chi connectivity index (χ0v) is 12.0. The van der Waals surface area contributed by atoms with Crippen molar-refractivity contribution in [2.75, 3.05) is 0 Å². The Morgan fingerprint density at radius 2 is 1.85 bits per heavy atom. The molecule has 0 spiro atoms. The number of halogens is 1. The van der Waals surface area contributed by atoms with E-state index in [9.17, 15) is 0 Å². The molecule has 0 aliphatic carbocycles. The van der Waals surface area contributed by atoms with Crippen molar-refractivity contribution >= 4 is 23.2 Å². The van der Waals surface area contributed by atoms with Gasteiger partial charge in [0.25, 0.3) is 0 Å². The monoisotopic (exact) mass is 285 g/mol. The van der Waals surface area contributed by atoms with Crippen molar-refractivity contribution in [3.63, 3.8) is 0 Å². The molecule has 0 radical (unpaired) electrons. The van der Waals surface area contributed by atoms with Crippen LogP contribution in [0.15, 0.2) is 53.5 Å². The minimum absolute atomic E-state index is 0.181. The fourth-order valence-electron chi connectivity index (χ4n) is 2.52. The van der Waals surface area contributed by atoms with E-state index in [4.69, 9.17) is 17.3 Å². The number of hydrogen-bond acceptors (Lipinski definition) is 3. The van der Waals surface area contributed by atoms with Gasteiger partial charge in [0.2, 0.25) is 0 Å². The van der Waals surface area contributed by atoms with Gasteiger partial charge in [-0.2, -0.15) is 0 Å². The fourth-order valence-corrected chi connectivity index (χ4v) is 2.72. The van der Waals surface area contributed by atoms with Crippen LogP contribution >= 0.6 is 11.6 Å². The van der Waals surface area contributed by atoms with E-state index in [0.717, 1.165) is 16.3 Å². The Hall–Kier alpha value is -2.00. The maximum absolute atomic E-state index is 6.23. The molecule has 20 heavy (non-hydrogen) atoms. The Labute approximate surface area is 123 Å². The molecule has 0 bridgehead atoms. The van der Waals surface area contributed by atoms with Gasteiger partial charge in [-0.05, 0) is 24.6 Å². The van der Waals surface area contributed by atoms with Crippen LogP contribution in [0.4, 0.5) is 5.69 Å². The molecule has 1 aliphatic rings. The summed E-state index contributed by atoms with van der Waals surface area (Å²) in [5.41, 5.74) is 9.31. The van der Waals surface area contributed by atoms with Crippen LogP contribution < -0.4 is 5.73 Å². The number of rotatable bonds is 2. The summed E-state index contributed by atoms with van der Waals surface area (Å²) in [7, 11) is 0. The molecule has 0 aromatic heterocycles. The van der Waals surface area contributed by atoms with E-state index < -0.39 is 0 Å². The van der Waals surface area contributed by atoms with Gasteiger partial charge < -0.3 is 10.6 Å². The third-order valence-corrected chi connectivity index (χ3v) is 4.05. The average molecular weight is 286 g/mol. The van der Waals surface area contributed by atoms with Gasteiger partial charge in [0, 0.05) is 17.1 Å². The molecule has 0 fully saturated rings. The van der Waals surface area contributed by atoms with Crippen molar-refractivity contribution in [2.45, 2.75) is 19.5 Å². The number of fused-ring (bicyclic) bond motifs is 1. The van der Waals surface area contributed by atoms with Crippen molar-refractivity contribution in [2.24, 2.45) is 10.7 Å². The molecular weight excluding hydrogens is 270 g/mol. The lowest BCUT2D eigenvalue weighted by Crippen LogP contribution is -2.40. The largest absolute Gasteiger partial charge is 0.369 e. The molecule has 0 amide bonds. The molecule has 102 valence electrons. The van der Waals surface area contributed by atoms with Crippen LogP contribution in [-0.2, 0) is 6.54 Å². The van der Waals surface area contributed by atoms with Crippen molar-refractivity contribution in [3.05, 3.63) is 64.7 Å². The van der Waals surface area contributed by atoms with E-state index >= 15 is 0 Å². The Balaban J connectivity index is 1.94. The number of benzene rings is 2. The van der Waals surface area contributed by atoms with Crippen molar-refractivity contribution in [3.8, 4) is 0 Å². The first-order chi connectivity index (χ1) is 9.66. The summed E-state index contributed by atoms with van der Waals surface area (Å²) in [4.78, 5) is 6.55. The number of nitrogens with zero attached hydrogens (tertiary/aromatic N) is 2. The first-order valence-corrected chi connectivity index (χ1v) is 6.98. The number of aliphatic imine (C=N–C) groups is 1. The second-order valence-corrected chi connectivity index (χ2v) is 5.33. The number of nitrogens with two attached hydrogens (primary N) is 1. The maximum atomic E-state index is 6.23. The molecule has 1 aliphatic heterocycles. The lowest BCUT2D eigenvalue weighted by Gasteiger charge is -2.34. The van der Waals surface area contributed by atoms with E-state index in [0.29, 0.717) is 12.5 Å². The standard InChI is InChI=1S/C16H16ClN3/c1-11-13-7-3-5-9-15(13)19-16(18)20(11)10-12-6-2-4-8-14(12)17/h2-9,11H,10H2,1H3,(H2,18,19)/t11-/m1/s1. The zero-order valence-electron chi connectivity index (χ0n) is 11.3. The number of guanidine groups is 1. The first kappa shape index (κ1) is 13.0. The third-order valence-electron chi connectivity index (χ3n) is 3.68. The molecule has 0 saturated heterocycles. The van der Waals surface area contributed by atoms with E-state index in [1.807, 2.05) is 42.5 Å². The predicted molar refractivity (Wildman–Crippen MR) is 83.1 cm³/mol. The quantitative estimate of drug-likeness (QED) is 0.910. The normalized spacial score (nSPS) is 17.6. The summed E-state index contributed by atoms with van der Waals surface area (Å²) >= 11 is 6.23. The molecule has 1 heterocycles. The number of hydrogen-bond donors (Lipinski definition) is 1. The molecule has 3 nitrogen and oxygen atoms in total. The average Bonchev–Trinajstić information content (AvgIpc) is 2.45. The maximum Gasteiger partial charge on any atom is 0.197 e. The molecule has 4 heteroatoms. The topological polar surface area (TPSA) is 41.6 Å². The molecule has 2 N–H and O–H groups in total. The summed E-state index contributed by atoms with van der Waals surface area (Å²) in [6.45, 7) is 2.79. The van der Waals surface area contributed by atoms with E-state index in [2.05, 4.69) is 22.9 Å².